The van der Waals surface area contributed by atoms with Crippen molar-refractivity contribution in [1.82, 2.24) is 4.98 Å². The quantitative estimate of drug-likeness (QED) is 0.575. The summed E-state index contributed by atoms with van der Waals surface area (Å²) in [6.45, 7) is 0. The van der Waals surface area contributed by atoms with E-state index in [9.17, 15) is 0 Å². The zero-order valence-corrected chi connectivity index (χ0v) is 7.71. The molecular formula is C11H7NS. The molecule has 0 aromatic carbocycles. The first-order valence-corrected chi connectivity index (χ1v) is 4.84. The van der Waals surface area contributed by atoms with Crippen molar-refractivity contribution in [3.63, 3.8) is 0 Å². The first kappa shape index (κ1) is 8.03. The molecule has 0 radical (unpaired) electrons. The highest BCUT2D eigenvalue weighted by Gasteiger charge is 1.85. The predicted octanol–water partition coefficient (Wildman–Crippen LogP) is 2.54. The first-order chi connectivity index (χ1) is 6.45. The largest absolute Gasteiger partial charge is 0.263 e. The summed E-state index contributed by atoms with van der Waals surface area (Å²) in [6, 6.07) is 5.85. The van der Waals surface area contributed by atoms with Gasteiger partial charge in [-0.15, -0.1) is 0 Å². The lowest BCUT2D eigenvalue weighted by Gasteiger charge is -1.84. The Kier molecular flexibility index (Phi) is 2.40. The Morgan fingerprint density at radius 2 is 2.08 bits per heavy atom. The molecule has 0 amide bonds. The van der Waals surface area contributed by atoms with Crippen molar-refractivity contribution < 1.29 is 0 Å². The van der Waals surface area contributed by atoms with Crippen molar-refractivity contribution >= 4 is 11.3 Å². The summed E-state index contributed by atoms with van der Waals surface area (Å²) in [5.41, 5.74) is 2.02. The fourth-order valence-corrected chi connectivity index (χ4v) is 1.50. The summed E-state index contributed by atoms with van der Waals surface area (Å²) < 4.78 is 0. The van der Waals surface area contributed by atoms with Gasteiger partial charge in [0, 0.05) is 28.9 Å². The normalized spacial score (nSPS) is 8.92. The third-order valence-electron chi connectivity index (χ3n) is 1.53. The van der Waals surface area contributed by atoms with Gasteiger partial charge >= 0.3 is 0 Å². The number of hydrogen-bond donors (Lipinski definition) is 0. The number of aromatic nitrogens is 1. The minimum Gasteiger partial charge on any atom is -0.263 e. The molecular weight excluding hydrogens is 178 g/mol. The Bertz CT molecular complexity index is 420. The molecule has 2 aromatic heterocycles. The minimum absolute atomic E-state index is 0.953. The van der Waals surface area contributed by atoms with Gasteiger partial charge in [-0.25, -0.2) is 0 Å². The van der Waals surface area contributed by atoms with Crippen LogP contribution in [0.25, 0.3) is 0 Å². The molecule has 0 spiro atoms. The van der Waals surface area contributed by atoms with Gasteiger partial charge in [-0.3, -0.25) is 4.98 Å². The molecule has 0 saturated heterocycles. The molecule has 2 aromatic rings. The van der Waals surface area contributed by atoms with Crippen molar-refractivity contribution in [1.29, 1.82) is 0 Å². The molecule has 0 aliphatic carbocycles. The van der Waals surface area contributed by atoms with Crippen molar-refractivity contribution in [3.8, 4) is 11.8 Å². The van der Waals surface area contributed by atoms with E-state index in [2.05, 4.69) is 16.8 Å². The molecule has 0 saturated carbocycles. The molecule has 0 unspecified atom stereocenters. The van der Waals surface area contributed by atoms with Crippen molar-refractivity contribution in [2.75, 3.05) is 0 Å². The fraction of sp³-hybridized carbons (Fsp3) is 0. The lowest BCUT2D eigenvalue weighted by Crippen LogP contribution is -1.74. The molecule has 62 valence electrons. The van der Waals surface area contributed by atoms with E-state index in [-0.39, 0.29) is 0 Å². The average Bonchev–Trinajstić information content (AvgIpc) is 2.69. The Balaban J connectivity index is 2.23. The van der Waals surface area contributed by atoms with Gasteiger partial charge in [-0.1, -0.05) is 11.8 Å². The highest BCUT2D eigenvalue weighted by atomic mass is 32.1. The van der Waals surface area contributed by atoms with Crippen LogP contribution in [-0.2, 0) is 0 Å². The smallest absolute Gasteiger partial charge is 0.0432 e. The summed E-state index contributed by atoms with van der Waals surface area (Å²) in [5, 5.41) is 4.05. The summed E-state index contributed by atoms with van der Waals surface area (Å²) in [6.07, 6.45) is 3.51. The van der Waals surface area contributed by atoms with E-state index in [4.69, 9.17) is 0 Å². The highest BCUT2D eigenvalue weighted by Crippen LogP contribution is 2.03. The maximum Gasteiger partial charge on any atom is 0.0432 e. The van der Waals surface area contributed by atoms with Crippen molar-refractivity contribution in [3.05, 3.63) is 52.5 Å². The van der Waals surface area contributed by atoms with Gasteiger partial charge in [0.1, 0.15) is 0 Å². The van der Waals surface area contributed by atoms with Crippen molar-refractivity contribution in [2.24, 2.45) is 0 Å². The Morgan fingerprint density at radius 1 is 1.15 bits per heavy atom. The Labute approximate surface area is 81.1 Å². The zero-order valence-electron chi connectivity index (χ0n) is 6.90. The SMILES string of the molecule is C(#Cc1ccsc1)c1cccnc1. The van der Waals surface area contributed by atoms with E-state index in [0.717, 1.165) is 11.1 Å². The molecule has 1 nitrogen and oxygen atoms in total. The molecule has 2 heterocycles. The molecule has 0 fully saturated rings. The van der Waals surface area contributed by atoms with Gasteiger partial charge < -0.3 is 0 Å². The van der Waals surface area contributed by atoms with Crippen LogP contribution in [0.5, 0.6) is 0 Å². The van der Waals surface area contributed by atoms with Crippen LogP contribution in [0.2, 0.25) is 0 Å². The van der Waals surface area contributed by atoms with E-state index in [1.807, 2.05) is 29.0 Å². The van der Waals surface area contributed by atoms with Gasteiger partial charge in [-0.2, -0.15) is 11.3 Å². The monoisotopic (exact) mass is 185 g/mol. The average molecular weight is 185 g/mol. The number of hydrogen-bond acceptors (Lipinski definition) is 2. The first-order valence-electron chi connectivity index (χ1n) is 3.89. The number of thiophene rings is 1. The maximum absolute atomic E-state index is 3.98. The molecule has 0 atom stereocenters. The molecule has 0 aliphatic heterocycles. The van der Waals surface area contributed by atoms with Crippen LogP contribution in [0.15, 0.2) is 41.4 Å². The lowest BCUT2D eigenvalue weighted by molar-refractivity contribution is 1.31. The summed E-state index contributed by atoms with van der Waals surface area (Å²) in [4.78, 5) is 3.98. The van der Waals surface area contributed by atoms with Crippen molar-refractivity contribution in [2.45, 2.75) is 0 Å². The molecule has 2 rings (SSSR count). The Morgan fingerprint density at radius 3 is 2.77 bits per heavy atom. The van der Waals surface area contributed by atoms with Gasteiger partial charge in [0.2, 0.25) is 0 Å². The summed E-state index contributed by atoms with van der Waals surface area (Å²) in [7, 11) is 0. The van der Waals surface area contributed by atoms with E-state index in [1.54, 1.807) is 23.7 Å². The summed E-state index contributed by atoms with van der Waals surface area (Å²) in [5.74, 6) is 6.10. The van der Waals surface area contributed by atoms with Gasteiger partial charge in [0.25, 0.3) is 0 Å². The van der Waals surface area contributed by atoms with Crippen LogP contribution in [0.3, 0.4) is 0 Å². The standard InChI is InChI=1S/C11H7NS/c1-2-10(8-12-6-1)3-4-11-5-7-13-9-11/h1-2,5-9H. The van der Waals surface area contributed by atoms with Gasteiger partial charge in [0.15, 0.2) is 0 Å². The molecule has 2 heteroatoms. The highest BCUT2D eigenvalue weighted by molar-refractivity contribution is 7.08. The molecule has 13 heavy (non-hydrogen) atoms. The molecule has 0 bridgehead atoms. The minimum atomic E-state index is 0.953. The molecule has 0 N–H and O–H groups in total. The number of nitrogens with zero attached hydrogens (tertiary/aromatic N) is 1. The van der Waals surface area contributed by atoms with Crippen LogP contribution in [-0.4, -0.2) is 4.98 Å². The fourth-order valence-electron chi connectivity index (χ4n) is 0.917. The number of rotatable bonds is 0. The third kappa shape index (κ3) is 2.17. The predicted molar refractivity (Wildman–Crippen MR) is 54.5 cm³/mol. The zero-order chi connectivity index (χ0) is 8.93. The van der Waals surface area contributed by atoms with Crippen LogP contribution in [0.4, 0.5) is 0 Å². The second kappa shape index (κ2) is 3.88. The van der Waals surface area contributed by atoms with E-state index in [0.29, 0.717) is 0 Å². The van der Waals surface area contributed by atoms with Gasteiger partial charge in [-0.05, 0) is 23.6 Å². The Hall–Kier alpha value is -1.59. The second-order valence-electron chi connectivity index (χ2n) is 2.50. The van der Waals surface area contributed by atoms with Crippen LogP contribution in [0.1, 0.15) is 11.1 Å². The van der Waals surface area contributed by atoms with Crippen LogP contribution < -0.4 is 0 Å². The van der Waals surface area contributed by atoms with Gasteiger partial charge in [0.05, 0.1) is 0 Å². The van der Waals surface area contributed by atoms with E-state index >= 15 is 0 Å². The number of pyridine rings is 1. The van der Waals surface area contributed by atoms with E-state index in [1.165, 1.54) is 0 Å². The maximum atomic E-state index is 3.98. The van der Waals surface area contributed by atoms with E-state index < -0.39 is 0 Å². The lowest BCUT2D eigenvalue weighted by atomic mass is 10.2. The third-order valence-corrected chi connectivity index (χ3v) is 2.22. The van der Waals surface area contributed by atoms with Crippen LogP contribution >= 0.6 is 11.3 Å². The topological polar surface area (TPSA) is 12.9 Å². The van der Waals surface area contributed by atoms with Crippen LogP contribution in [0, 0.1) is 11.8 Å². The second-order valence-corrected chi connectivity index (χ2v) is 3.28. The molecule has 0 aliphatic rings. The summed E-state index contributed by atoms with van der Waals surface area (Å²) >= 11 is 1.66.